The van der Waals surface area contributed by atoms with Crippen LogP contribution in [0.25, 0.3) is 22.2 Å². The van der Waals surface area contributed by atoms with Crippen molar-refractivity contribution in [2.75, 3.05) is 18.0 Å². The summed E-state index contributed by atoms with van der Waals surface area (Å²) in [5.41, 5.74) is 3.59. The van der Waals surface area contributed by atoms with Crippen molar-refractivity contribution in [2.45, 2.75) is 13.0 Å². The minimum atomic E-state index is 0.0562. The summed E-state index contributed by atoms with van der Waals surface area (Å²) in [5, 5.41) is 1.15. The summed E-state index contributed by atoms with van der Waals surface area (Å²) in [6.07, 6.45) is 5.17. The largest absolute Gasteiger partial charge is 0.469 e. The van der Waals surface area contributed by atoms with Crippen LogP contribution in [0.15, 0.2) is 67.1 Å². The average Bonchev–Trinajstić information content (AvgIpc) is 2.71. The van der Waals surface area contributed by atoms with Crippen LogP contribution in [-0.4, -0.2) is 39.1 Å². The quantitative estimate of drug-likeness (QED) is 0.547. The van der Waals surface area contributed by atoms with Crippen LogP contribution in [0.1, 0.15) is 5.69 Å². The first-order valence-electron chi connectivity index (χ1n) is 9.28. The van der Waals surface area contributed by atoms with Gasteiger partial charge in [0.25, 0.3) is 0 Å². The Balaban J connectivity index is 1.32. The number of pyridine rings is 2. The molecule has 0 atom stereocenters. The van der Waals surface area contributed by atoms with E-state index in [0.29, 0.717) is 5.88 Å². The lowest BCUT2D eigenvalue weighted by Gasteiger charge is -2.39. The highest BCUT2D eigenvalue weighted by Gasteiger charge is 2.31. The third kappa shape index (κ3) is 3.03. The third-order valence-corrected chi connectivity index (χ3v) is 4.96. The fraction of sp³-hybridized carbons (Fsp3) is 0.182. The van der Waals surface area contributed by atoms with E-state index in [4.69, 9.17) is 9.72 Å². The van der Waals surface area contributed by atoms with Crippen LogP contribution >= 0.6 is 0 Å². The summed E-state index contributed by atoms with van der Waals surface area (Å²) in [6, 6.07) is 16.2. The lowest BCUT2D eigenvalue weighted by Crippen LogP contribution is -2.54. The Morgan fingerprint density at radius 2 is 1.75 bits per heavy atom. The fourth-order valence-corrected chi connectivity index (χ4v) is 3.42. The number of rotatable bonds is 4. The standard InChI is InChI=1S/C22H19N5O/c1-15-18(6-4-10-23-15)21-22(25-12-11-24-21)28-17-13-27(14-17)20-9-8-16-5-2-3-7-19(16)26-20/h2-12,17H,13-14H2,1H3. The van der Waals surface area contributed by atoms with Crippen molar-refractivity contribution in [3.63, 3.8) is 0 Å². The summed E-state index contributed by atoms with van der Waals surface area (Å²) in [7, 11) is 0. The molecule has 0 bridgehead atoms. The topological polar surface area (TPSA) is 64.0 Å². The Bertz CT molecular complexity index is 1140. The number of para-hydroxylation sites is 1. The van der Waals surface area contributed by atoms with E-state index in [1.54, 1.807) is 18.6 Å². The Labute approximate surface area is 162 Å². The molecule has 6 heteroatoms. The second-order valence-corrected chi connectivity index (χ2v) is 6.85. The predicted molar refractivity (Wildman–Crippen MR) is 108 cm³/mol. The van der Waals surface area contributed by atoms with Crippen molar-refractivity contribution in [1.29, 1.82) is 0 Å². The van der Waals surface area contributed by atoms with Crippen LogP contribution in [0.2, 0.25) is 0 Å². The molecule has 138 valence electrons. The highest BCUT2D eigenvalue weighted by atomic mass is 16.5. The zero-order valence-electron chi connectivity index (χ0n) is 15.5. The van der Waals surface area contributed by atoms with Gasteiger partial charge in [-0.1, -0.05) is 18.2 Å². The van der Waals surface area contributed by atoms with Gasteiger partial charge in [-0.2, -0.15) is 0 Å². The second-order valence-electron chi connectivity index (χ2n) is 6.85. The fourth-order valence-electron chi connectivity index (χ4n) is 3.42. The monoisotopic (exact) mass is 369 g/mol. The number of hydrogen-bond acceptors (Lipinski definition) is 6. The van der Waals surface area contributed by atoms with E-state index < -0.39 is 0 Å². The molecule has 3 aromatic heterocycles. The lowest BCUT2D eigenvalue weighted by atomic mass is 10.1. The molecule has 4 aromatic rings. The van der Waals surface area contributed by atoms with Gasteiger partial charge in [0, 0.05) is 35.2 Å². The molecule has 5 rings (SSSR count). The molecule has 0 amide bonds. The number of hydrogen-bond donors (Lipinski definition) is 0. The minimum Gasteiger partial charge on any atom is -0.469 e. The average molecular weight is 369 g/mol. The van der Waals surface area contributed by atoms with Crippen molar-refractivity contribution in [3.8, 4) is 17.1 Å². The number of benzene rings is 1. The summed E-state index contributed by atoms with van der Waals surface area (Å²) in [6.45, 7) is 3.50. The number of nitrogens with zero attached hydrogens (tertiary/aromatic N) is 5. The molecule has 0 N–H and O–H groups in total. The minimum absolute atomic E-state index is 0.0562. The summed E-state index contributed by atoms with van der Waals surface area (Å²) in [4.78, 5) is 20.2. The molecule has 1 saturated heterocycles. The lowest BCUT2D eigenvalue weighted by molar-refractivity contribution is 0.160. The van der Waals surface area contributed by atoms with Gasteiger partial charge in [-0.15, -0.1) is 0 Å². The molecule has 28 heavy (non-hydrogen) atoms. The predicted octanol–water partition coefficient (Wildman–Crippen LogP) is 3.66. The zero-order chi connectivity index (χ0) is 18.9. The molecule has 1 aliphatic heterocycles. The van der Waals surface area contributed by atoms with Crippen molar-refractivity contribution in [2.24, 2.45) is 0 Å². The highest BCUT2D eigenvalue weighted by molar-refractivity contribution is 5.80. The first kappa shape index (κ1) is 16.6. The Morgan fingerprint density at radius 3 is 2.64 bits per heavy atom. The third-order valence-electron chi connectivity index (χ3n) is 4.96. The molecule has 1 fully saturated rings. The highest BCUT2D eigenvalue weighted by Crippen LogP contribution is 2.30. The normalized spacial score (nSPS) is 14.1. The molecule has 1 aromatic carbocycles. The van der Waals surface area contributed by atoms with Crippen LogP contribution < -0.4 is 9.64 Å². The van der Waals surface area contributed by atoms with Crippen LogP contribution in [0.3, 0.4) is 0 Å². The molecule has 0 unspecified atom stereocenters. The molecule has 4 heterocycles. The van der Waals surface area contributed by atoms with Crippen LogP contribution in [0.4, 0.5) is 5.82 Å². The molecule has 6 nitrogen and oxygen atoms in total. The van der Waals surface area contributed by atoms with E-state index in [-0.39, 0.29) is 6.10 Å². The summed E-state index contributed by atoms with van der Waals surface area (Å²) in [5.74, 6) is 1.52. The maximum absolute atomic E-state index is 6.16. The van der Waals surface area contributed by atoms with Crippen molar-refractivity contribution >= 4 is 16.7 Å². The number of aromatic nitrogens is 4. The Kier molecular flexibility index (Phi) is 4.09. The molecule has 0 spiro atoms. The van der Waals surface area contributed by atoms with Crippen LogP contribution in [-0.2, 0) is 0 Å². The van der Waals surface area contributed by atoms with E-state index in [1.807, 2.05) is 37.3 Å². The van der Waals surface area contributed by atoms with Gasteiger partial charge in [0.2, 0.25) is 5.88 Å². The number of anilines is 1. The van der Waals surface area contributed by atoms with Crippen molar-refractivity contribution in [1.82, 2.24) is 19.9 Å². The zero-order valence-corrected chi connectivity index (χ0v) is 15.5. The number of ether oxygens (including phenoxy) is 1. The molecular weight excluding hydrogens is 350 g/mol. The van der Waals surface area contributed by atoms with Gasteiger partial charge in [-0.25, -0.2) is 15.0 Å². The SMILES string of the molecule is Cc1ncccc1-c1nccnc1OC1CN(c2ccc3ccccc3n2)C1. The van der Waals surface area contributed by atoms with Crippen LogP contribution in [0, 0.1) is 6.92 Å². The first-order chi connectivity index (χ1) is 13.8. The van der Waals surface area contributed by atoms with Gasteiger partial charge in [0.05, 0.1) is 18.6 Å². The van der Waals surface area contributed by atoms with Gasteiger partial charge in [-0.05, 0) is 37.3 Å². The number of aryl methyl sites for hydroxylation is 1. The van der Waals surface area contributed by atoms with Gasteiger partial charge in [0.15, 0.2) is 0 Å². The maximum Gasteiger partial charge on any atom is 0.241 e. The van der Waals surface area contributed by atoms with E-state index in [0.717, 1.165) is 46.8 Å². The molecule has 0 saturated carbocycles. The van der Waals surface area contributed by atoms with Crippen molar-refractivity contribution in [3.05, 3.63) is 72.8 Å². The molecule has 0 radical (unpaired) electrons. The Hall–Kier alpha value is -3.54. The summed E-state index contributed by atoms with van der Waals surface area (Å²) >= 11 is 0. The molecular formula is C22H19N5O. The first-order valence-corrected chi connectivity index (χ1v) is 9.28. The van der Waals surface area contributed by atoms with Gasteiger partial charge >= 0.3 is 0 Å². The van der Waals surface area contributed by atoms with Gasteiger partial charge < -0.3 is 9.64 Å². The molecule has 0 aliphatic carbocycles. The molecule has 1 aliphatic rings. The van der Waals surface area contributed by atoms with E-state index in [2.05, 4.69) is 38.1 Å². The maximum atomic E-state index is 6.16. The second kappa shape index (κ2) is 6.88. The number of fused-ring (bicyclic) bond motifs is 1. The van der Waals surface area contributed by atoms with Crippen LogP contribution in [0.5, 0.6) is 5.88 Å². The van der Waals surface area contributed by atoms with Gasteiger partial charge in [0.1, 0.15) is 17.6 Å². The van der Waals surface area contributed by atoms with E-state index in [1.165, 1.54) is 0 Å². The van der Waals surface area contributed by atoms with Crippen molar-refractivity contribution < 1.29 is 4.74 Å². The van der Waals surface area contributed by atoms with E-state index >= 15 is 0 Å². The van der Waals surface area contributed by atoms with E-state index in [9.17, 15) is 0 Å². The van der Waals surface area contributed by atoms with Gasteiger partial charge in [-0.3, -0.25) is 4.98 Å². The summed E-state index contributed by atoms with van der Waals surface area (Å²) < 4.78 is 6.16. The smallest absolute Gasteiger partial charge is 0.241 e. The Morgan fingerprint density at radius 1 is 0.893 bits per heavy atom.